The second-order valence-corrected chi connectivity index (χ2v) is 8.33. The fourth-order valence-electron chi connectivity index (χ4n) is 3.97. The second-order valence-electron chi connectivity index (χ2n) is 8.33. The molecule has 0 atom stereocenters. The van der Waals surface area contributed by atoms with Gasteiger partial charge in [0.25, 0.3) is 0 Å². The molecule has 0 heterocycles. The normalized spacial score (nSPS) is 18.4. The van der Waals surface area contributed by atoms with Crippen LogP contribution in [0.25, 0.3) is 6.08 Å². The molecule has 3 rings (SSSR count). The van der Waals surface area contributed by atoms with Gasteiger partial charge in [-0.05, 0) is 79.1 Å². The zero-order valence-electron chi connectivity index (χ0n) is 18.6. The molecule has 0 unspecified atom stereocenters. The van der Waals surface area contributed by atoms with E-state index in [4.69, 9.17) is 20.9 Å². The van der Waals surface area contributed by atoms with Crippen molar-refractivity contribution in [2.24, 2.45) is 11.8 Å². The first kappa shape index (κ1) is 23.4. The number of nitrogen functional groups attached to an aromatic ring is 2. The van der Waals surface area contributed by atoms with Crippen molar-refractivity contribution in [1.82, 2.24) is 0 Å². The molecule has 1 aliphatic carbocycles. The molecule has 6 nitrogen and oxygen atoms in total. The zero-order valence-corrected chi connectivity index (χ0v) is 18.6. The number of carbonyl (C=O) groups excluding carboxylic acids is 2. The molecule has 0 saturated heterocycles. The largest absolute Gasteiger partial charge is 0.462 e. The number of rotatable bonds is 8. The maximum absolute atomic E-state index is 12.4. The molecule has 32 heavy (non-hydrogen) atoms. The van der Waals surface area contributed by atoms with E-state index in [1.165, 1.54) is 12.5 Å². The van der Waals surface area contributed by atoms with Crippen molar-refractivity contribution in [2.75, 3.05) is 18.1 Å². The van der Waals surface area contributed by atoms with Gasteiger partial charge in [-0.2, -0.15) is 0 Å². The molecule has 0 radical (unpaired) electrons. The van der Waals surface area contributed by atoms with Crippen molar-refractivity contribution in [1.29, 1.82) is 0 Å². The predicted octanol–water partition coefficient (Wildman–Crippen LogP) is 4.77. The van der Waals surface area contributed by atoms with Crippen molar-refractivity contribution in [3.8, 4) is 5.75 Å². The van der Waals surface area contributed by atoms with Crippen LogP contribution in [-0.2, 0) is 20.7 Å². The van der Waals surface area contributed by atoms with Gasteiger partial charge < -0.3 is 20.9 Å². The first-order chi connectivity index (χ1) is 15.4. The van der Waals surface area contributed by atoms with Gasteiger partial charge in [0.05, 0.1) is 12.5 Å². The molecule has 4 N–H and O–H groups in total. The molecule has 1 saturated carbocycles. The van der Waals surface area contributed by atoms with Gasteiger partial charge in [-0.25, -0.2) is 4.79 Å². The first-order valence-electron chi connectivity index (χ1n) is 11.2. The van der Waals surface area contributed by atoms with E-state index in [9.17, 15) is 9.59 Å². The van der Waals surface area contributed by atoms with Crippen molar-refractivity contribution in [3.63, 3.8) is 0 Å². The van der Waals surface area contributed by atoms with Crippen LogP contribution in [0.1, 0.15) is 50.2 Å². The molecule has 2 aromatic carbocycles. The van der Waals surface area contributed by atoms with Crippen LogP contribution in [0.5, 0.6) is 5.75 Å². The standard InChI is InChI=1S/C26H32N2O4/c1-2-18-3-8-20(9-4-18)26(30)32-23-11-5-19(6-12-23)7-14-25(29)31-16-15-21-17-22(27)10-13-24(21)28/h5-7,10-14,17-18,20H,2-4,8-9,15-16,27-28H2,1H3/b14-7+. The second kappa shape index (κ2) is 11.4. The van der Waals surface area contributed by atoms with E-state index in [1.54, 1.807) is 48.5 Å². The number of hydrogen-bond donors (Lipinski definition) is 2. The van der Waals surface area contributed by atoms with Gasteiger partial charge in [0, 0.05) is 23.9 Å². The maximum atomic E-state index is 12.4. The van der Waals surface area contributed by atoms with E-state index >= 15 is 0 Å². The lowest BCUT2D eigenvalue weighted by Crippen LogP contribution is -2.25. The number of esters is 2. The van der Waals surface area contributed by atoms with Gasteiger partial charge in [-0.1, -0.05) is 25.5 Å². The van der Waals surface area contributed by atoms with Crippen LogP contribution in [0.15, 0.2) is 48.5 Å². The SMILES string of the molecule is CCC1CCC(C(=O)Oc2ccc(/C=C/C(=O)OCCc3cc(N)ccc3N)cc2)CC1. The Labute approximate surface area is 189 Å². The van der Waals surface area contributed by atoms with Gasteiger partial charge in [0.2, 0.25) is 0 Å². The molecule has 0 spiro atoms. The molecular weight excluding hydrogens is 404 g/mol. The van der Waals surface area contributed by atoms with E-state index in [1.807, 2.05) is 0 Å². The Hall–Kier alpha value is -3.28. The third-order valence-corrected chi connectivity index (χ3v) is 6.05. The van der Waals surface area contributed by atoms with E-state index in [0.29, 0.717) is 23.5 Å². The Balaban J connectivity index is 1.43. The Bertz CT molecular complexity index is 945. The minimum atomic E-state index is -0.439. The zero-order chi connectivity index (χ0) is 22.9. The highest BCUT2D eigenvalue weighted by atomic mass is 16.5. The van der Waals surface area contributed by atoms with E-state index in [-0.39, 0.29) is 18.5 Å². The summed E-state index contributed by atoms with van der Waals surface area (Å²) in [5.74, 6) is 0.673. The summed E-state index contributed by atoms with van der Waals surface area (Å²) in [5, 5.41) is 0. The Kier molecular flexibility index (Phi) is 8.31. The van der Waals surface area contributed by atoms with Crippen LogP contribution in [0.4, 0.5) is 11.4 Å². The summed E-state index contributed by atoms with van der Waals surface area (Å²) in [6.45, 7) is 2.42. The molecule has 0 amide bonds. The van der Waals surface area contributed by atoms with Crippen LogP contribution in [0.3, 0.4) is 0 Å². The lowest BCUT2D eigenvalue weighted by atomic mass is 9.81. The number of ether oxygens (including phenoxy) is 2. The van der Waals surface area contributed by atoms with E-state index in [0.717, 1.165) is 42.7 Å². The summed E-state index contributed by atoms with van der Waals surface area (Å²) in [5.41, 5.74) is 14.6. The highest BCUT2D eigenvalue weighted by Gasteiger charge is 2.26. The van der Waals surface area contributed by atoms with Crippen LogP contribution in [0, 0.1) is 11.8 Å². The van der Waals surface area contributed by atoms with Gasteiger partial charge in [0.15, 0.2) is 0 Å². The summed E-state index contributed by atoms with van der Waals surface area (Å²) in [6, 6.07) is 12.3. The highest BCUT2D eigenvalue weighted by molar-refractivity contribution is 5.87. The van der Waals surface area contributed by atoms with E-state index < -0.39 is 5.97 Å². The Morgan fingerprint density at radius 3 is 2.44 bits per heavy atom. The molecule has 1 aliphatic rings. The number of hydrogen-bond acceptors (Lipinski definition) is 6. The first-order valence-corrected chi connectivity index (χ1v) is 11.2. The fraction of sp³-hybridized carbons (Fsp3) is 0.385. The van der Waals surface area contributed by atoms with Crippen molar-refractivity contribution < 1.29 is 19.1 Å². The lowest BCUT2D eigenvalue weighted by molar-refractivity contribution is -0.140. The van der Waals surface area contributed by atoms with Gasteiger partial charge in [-0.15, -0.1) is 0 Å². The lowest BCUT2D eigenvalue weighted by Gasteiger charge is -2.26. The third-order valence-electron chi connectivity index (χ3n) is 6.05. The number of carbonyl (C=O) groups is 2. The highest BCUT2D eigenvalue weighted by Crippen LogP contribution is 2.31. The van der Waals surface area contributed by atoms with Crippen LogP contribution in [-0.4, -0.2) is 18.5 Å². The molecule has 2 aromatic rings. The van der Waals surface area contributed by atoms with Gasteiger partial charge >= 0.3 is 11.9 Å². The molecule has 170 valence electrons. The number of anilines is 2. The van der Waals surface area contributed by atoms with Crippen LogP contribution in [0.2, 0.25) is 0 Å². The number of nitrogens with two attached hydrogens (primary N) is 2. The molecular formula is C26H32N2O4. The topological polar surface area (TPSA) is 105 Å². The number of benzene rings is 2. The van der Waals surface area contributed by atoms with Crippen molar-refractivity contribution >= 4 is 29.4 Å². The van der Waals surface area contributed by atoms with Crippen molar-refractivity contribution in [3.05, 3.63) is 59.7 Å². The summed E-state index contributed by atoms with van der Waals surface area (Å²) in [4.78, 5) is 24.3. The molecule has 0 aliphatic heterocycles. The fourth-order valence-corrected chi connectivity index (χ4v) is 3.97. The minimum Gasteiger partial charge on any atom is -0.462 e. The monoisotopic (exact) mass is 436 g/mol. The Morgan fingerprint density at radius 2 is 1.75 bits per heavy atom. The summed E-state index contributed by atoms with van der Waals surface area (Å²) in [6.07, 6.45) is 8.73. The molecule has 6 heteroatoms. The average Bonchev–Trinajstić information content (AvgIpc) is 2.81. The average molecular weight is 437 g/mol. The predicted molar refractivity (Wildman–Crippen MR) is 127 cm³/mol. The van der Waals surface area contributed by atoms with E-state index in [2.05, 4.69) is 6.92 Å². The van der Waals surface area contributed by atoms with Crippen LogP contribution >= 0.6 is 0 Å². The van der Waals surface area contributed by atoms with Gasteiger partial charge in [0.1, 0.15) is 5.75 Å². The maximum Gasteiger partial charge on any atom is 0.330 e. The van der Waals surface area contributed by atoms with Crippen molar-refractivity contribution in [2.45, 2.75) is 45.4 Å². The summed E-state index contributed by atoms with van der Waals surface area (Å²) >= 11 is 0. The summed E-state index contributed by atoms with van der Waals surface area (Å²) in [7, 11) is 0. The third kappa shape index (κ3) is 6.87. The minimum absolute atomic E-state index is 0.00480. The summed E-state index contributed by atoms with van der Waals surface area (Å²) < 4.78 is 10.8. The smallest absolute Gasteiger partial charge is 0.330 e. The van der Waals surface area contributed by atoms with Crippen LogP contribution < -0.4 is 16.2 Å². The molecule has 0 bridgehead atoms. The Morgan fingerprint density at radius 1 is 1.03 bits per heavy atom. The van der Waals surface area contributed by atoms with Gasteiger partial charge in [-0.3, -0.25) is 4.79 Å². The quantitative estimate of drug-likeness (QED) is 0.267. The molecule has 1 fully saturated rings. The molecule has 0 aromatic heterocycles.